The zero-order valence-corrected chi connectivity index (χ0v) is 7.63. The summed E-state index contributed by atoms with van der Waals surface area (Å²) in [7, 11) is 0. The van der Waals surface area contributed by atoms with E-state index >= 15 is 0 Å². The first kappa shape index (κ1) is 9.73. The van der Waals surface area contributed by atoms with E-state index in [-0.39, 0.29) is 0 Å². The molecule has 1 nitrogen and oxygen atoms in total. The number of hydrogen-bond acceptors (Lipinski definition) is 1. The maximum Gasteiger partial charge on any atom is 0.101 e. The molecule has 0 aliphatic carbocycles. The van der Waals surface area contributed by atoms with Gasteiger partial charge in [0.2, 0.25) is 0 Å². The first-order valence-corrected chi connectivity index (χ1v) is 4.32. The summed E-state index contributed by atoms with van der Waals surface area (Å²) < 4.78 is 12.7. The summed E-state index contributed by atoms with van der Waals surface area (Å²) in [6.07, 6.45) is -0.0827. The molecule has 1 aromatic carbocycles. The molecule has 0 aliphatic rings. The second-order valence-electron chi connectivity index (χ2n) is 3.09. The van der Waals surface area contributed by atoms with Crippen molar-refractivity contribution in [2.24, 2.45) is 0 Å². The normalized spacial score (nSPS) is 12.1. The van der Waals surface area contributed by atoms with Gasteiger partial charge in [-0.2, -0.15) is 5.26 Å². The van der Waals surface area contributed by atoms with E-state index in [4.69, 9.17) is 5.26 Å². The van der Waals surface area contributed by atoms with E-state index in [1.54, 1.807) is 0 Å². The summed E-state index contributed by atoms with van der Waals surface area (Å²) in [5, 5.41) is 8.53. The van der Waals surface area contributed by atoms with Gasteiger partial charge in [-0.3, -0.25) is 0 Å². The minimum atomic E-state index is -0.847. The lowest BCUT2D eigenvalue weighted by Crippen LogP contribution is -2.01. The van der Waals surface area contributed by atoms with Crippen LogP contribution in [0.5, 0.6) is 0 Å². The van der Waals surface area contributed by atoms with Gasteiger partial charge in [-0.15, -0.1) is 0 Å². The Balaban J connectivity index is 2.85. The Bertz CT molecular complexity index is 312. The zero-order chi connectivity index (χ0) is 9.68. The van der Waals surface area contributed by atoms with Crippen molar-refractivity contribution < 1.29 is 4.39 Å². The summed E-state index contributed by atoms with van der Waals surface area (Å²) in [6.45, 7) is 1.53. The Kier molecular flexibility index (Phi) is 3.45. The first-order chi connectivity index (χ1) is 6.24. The molecule has 0 radical (unpaired) electrons. The number of rotatable bonds is 3. The Labute approximate surface area is 77.8 Å². The van der Waals surface area contributed by atoms with Crippen molar-refractivity contribution in [1.82, 2.24) is 0 Å². The zero-order valence-electron chi connectivity index (χ0n) is 7.63. The fraction of sp³-hybridized carbons (Fsp3) is 0.364. The van der Waals surface area contributed by atoms with Gasteiger partial charge in [0.1, 0.15) is 6.17 Å². The Hall–Kier alpha value is -1.36. The van der Waals surface area contributed by atoms with E-state index in [1.807, 2.05) is 24.3 Å². The van der Waals surface area contributed by atoms with Gasteiger partial charge in [-0.25, -0.2) is 4.39 Å². The summed E-state index contributed by atoms with van der Waals surface area (Å²) in [4.78, 5) is 0. The second-order valence-corrected chi connectivity index (χ2v) is 3.09. The Morgan fingerprint density at radius 3 is 2.54 bits per heavy atom. The van der Waals surface area contributed by atoms with Gasteiger partial charge in [0.25, 0.3) is 0 Å². The molecule has 1 aromatic rings. The SMILES string of the molecule is CC(F)Cc1ccccc1CC#N. The number of alkyl halides is 1. The quantitative estimate of drug-likeness (QED) is 0.696. The van der Waals surface area contributed by atoms with Crippen molar-refractivity contribution in [2.75, 3.05) is 0 Å². The highest BCUT2D eigenvalue weighted by Gasteiger charge is 2.05. The van der Waals surface area contributed by atoms with Crippen LogP contribution in [0.15, 0.2) is 24.3 Å². The first-order valence-electron chi connectivity index (χ1n) is 4.32. The fourth-order valence-corrected chi connectivity index (χ4v) is 1.32. The van der Waals surface area contributed by atoms with E-state index in [0.29, 0.717) is 12.8 Å². The van der Waals surface area contributed by atoms with Gasteiger partial charge < -0.3 is 0 Å². The third kappa shape index (κ3) is 2.87. The van der Waals surface area contributed by atoms with Gasteiger partial charge in [-0.1, -0.05) is 24.3 Å². The second kappa shape index (κ2) is 4.61. The van der Waals surface area contributed by atoms with Crippen LogP contribution in [0.4, 0.5) is 4.39 Å². The lowest BCUT2D eigenvalue weighted by molar-refractivity contribution is 0.359. The number of halogens is 1. The average molecular weight is 177 g/mol. The minimum Gasteiger partial charge on any atom is -0.247 e. The van der Waals surface area contributed by atoms with Crippen LogP contribution >= 0.6 is 0 Å². The lowest BCUT2D eigenvalue weighted by Gasteiger charge is -2.06. The number of nitriles is 1. The molecule has 1 unspecified atom stereocenters. The van der Waals surface area contributed by atoms with Crippen LogP contribution < -0.4 is 0 Å². The molecule has 2 heteroatoms. The van der Waals surface area contributed by atoms with Crippen LogP contribution in [0.1, 0.15) is 18.1 Å². The molecular weight excluding hydrogens is 165 g/mol. The molecule has 13 heavy (non-hydrogen) atoms. The van der Waals surface area contributed by atoms with Gasteiger partial charge in [-0.05, 0) is 18.1 Å². The van der Waals surface area contributed by atoms with Crippen LogP contribution in [0.2, 0.25) is 0 Å². The topological polar surface area (TPSA) is 23.8 Å². The lowest BCUT2D eigenvalue weighted by atomic mass is 10.0. The van der Waals surface area contributed by atoms with Gasteiger partial charge in [0, 0.05) is 6.42 Å². The maximum absolute atomic E-state index is 12.7. The maximum atomic E-state index is 12.7. The van der Waals surface area contributed by atoms with Crippen molar-refractivity contribution in [3.05, 3.63) is 35.4 Å². The van der Waals surface area contributed by atoms with Crippen LogP contribution in [0.3, 0.4) is 0 Å². The van der Waals surface area contributed by atoms with Crippen molar-refractivity contribution in [2.45, 2.75) is 25.9 Å². The molecule has 0 amide bonds. The fourth-order valence-electron chi connectivity index (χ4n) is 1.32. The van der Waals surface area contributed by atoms with E-state index in [0.717, 1.165) is 11.1 Å². The van der Waals surface area contributed by atoms with Gasteiger partial charge in [0.15, 0.2) is 0 Å². The molecule has 1 rings (SSSR count). The number of hydrogen-bond donors (Lipinski definition) is 0. The highest BCUT2D eigenvalue weighted by Crippen LogP contribution is 2.12. The van der Waals surface area contributed by atoms with E-state index < -0.39 is 6.17 Å². The van der Waals surface area contributed by atoms with E-state index in [2.05, 4.69) is 6.07 Å². The molecule has 68 valence electrons. The molecule has 0 saturated carbocycles. The summed E-state index contributed by atoms with van der Waals surface area (Å²) >= 11 is 0. The number of nitrogens with zero attached hydrogens (tertiary/aromatic N) is 1. The largest absolute Gasteiger partial charge is 0.247 e. The molecule has 0 aromatic heterocycles. The highest BCUT2D eigenvalue weighted by atomic mass is 19.1. The standard InChI is InChI=1S/C11H12FN/c1-9(12)8-11-5-3-2-4-10(11)6-7-13/h2-5,9H,6,8H2,1H3. The Morgan fingerprint density at radius 1 is 1.38 bits per heavy atom. The smallest absolute Gasteiger partial charge is 0.101 e. The molecule has 0 spiro atoms. The highest BCUT2D eigenvalue weighted by molar-refractivity contribution is 5.29. The van der Waals surface area contributed by atoms with Crippen molar-refractivity contribution >= 4 is 0 Å². The van der Waals surface area contributed by atoms with Gasteiger partial charge >= 0.3 is 0 Å². The third-order valence-corrected chi connectivity index (χ3v) is 1.89. The molecule has 0 saturated heterocycles. The summed E-state index contributed by atoms with van der Waals surface area (Å²) in [5.74, 6) is 0. The number of benzene rings is 1. The predicted molar refractivity (Wildman–Crippen MR) is 50.0 cm³/mol. The molecule has 0 fully saturated rings. The predicted octanol–water partition coefficient (Wildman–Crippen LogP) is 2.65. The molecule has 0 bridgehead atoms. The average Bonchev–Trinajstić information content (AvgIpc) is 2.08. The Morgan fingerprint density at radius 2 is 2.00 bits per heavy atom. The monoisotopic (exact) mass is 177 g/mol. The summed E-state index contributed by atoms with van der Waals surface area (Å²) in [6, 6.07) is 9.58. The minimum absolute atomic E-state index is 0.364. The molecule has 1 atom stereocenters. The van der Waals surface area contributed by atoms with Crippen LogP contribution in [0, 0.1) is 11.3 Å². The molecular formula is C11H12FN. The van der Waals surface area contributed by atoms with E-state index in [9.17, 15) is 4.39 Å². The van der Waals surface area contributed by atoms with Crippen molar-refractivity contribution in [3.8, 4) is 6.07 Å². The summed E-state index contributed by atoms with van der Waals surface area (Å²) in [5.41, 5.74) is 1.88. The van der Waals surface area contributed by atoms with Crippen molar-refractivity contribution in [3.63, 3.8) is 0 Å². The van der Waals surface area contributed by atoms with Crippen molar-refractivity contribution in [1.29, 1.82) is 5.26 Å². The van der Waals surface area contributed by atoms with Gasteiger partial charge in [0.05, 0.1) is 12.5 Å². The third-order valence-electron chi connectivity index (χ3n) is 1.89. The molecule has 0 aliphatic heterocycles. The van der Waals surface area contributed by atoms with Crippen LogP contribution in [-0.4, -0.2) is 6.17 Å². The van der Waals surface area contributed by atoms with Crippen LogP contribution in [0.25, 0.3) is 0 Å². The van der Waals surface area contributed by atoms with Crippen LogP contribution in [-0.2, 0) is 12.8 Å². The molecule has 0 N–H and O–H groups in total. The van der Waals surface area contributed by atoms with E-state index in [1.165, 1.54) is 6.92 Å². The molecule has 0 heterocycles.